The second-order valence-corrected chi connectivity index (χ2v) is 12.2. The molecule has 4 nitrogen and oxygen atoms in total. The molecule has 1 fully saturated rings. The van der Waals surface area contributed by atoms with Crippen LogP contribution in [0.4, 0.5) is 10.1 Å². The number of nitrogens with one attached hydrogen (secondary N) is 1. The van der Waals surface area contributed by atoms with Crippen LogP contribution in [-0.2, 0) is 11.2 Å². The van der Waals surface area contributed by atoms with Crippen molar-refractivity contribution in [2.24, 2.45) is 5.92 Å². The number of hydrogen-bond donors (Lipinski definition) is 1. The number of carbonyl (C=O) groups is 2. The number of Topliss-reactive ketones (excluding diaryl/α,β-unsaturated/α-hetero) is 1. The van der Waals surface area contributed by atoms with Crippen LogP contribution in [0, 0.1) is 11.7 Å². The van der Waals surface area contributed by atoms with E-state index in [1.54, 1.807) is 30.3 Å². The van der Waals surface area contributed by atoms with Crippen molar-refractivity contribution in [3.8, 4) is 0 Å². The second-order valence-electron chi connectivity index (χ2n) is 8.34. The van der Waals surface area contributed by atoms with Crippen molar-refractivity contribution < 1.29 is 14.0 Å². The first-order chi connectivity index (χ1) is 17.0. The van der Waals surface area contributed by atoms with Crippen LogP contribution in [0.1, 0.15) is 26.8 Å². The molecular weight excluding hydrogens is 589 g/mol. The monoisotopic (exact) mass is 600 g/mol. The molecule has 11 heteroatoms. The zero-order valence-corrected chi connectivity index (χ0v) is 22.6. The Morgan fingerprint density at radius 2 is 1.72 bits per heavy atom. The Hall–Kier alpha value is -1.93. The number of anilines is 1. The SMILES string of the molecule is O=C(Cc1nc2ccc(F)cc2s1)c1cc(NC(=O)C2C(c3cc(Cl)cc(Cl)c3)C2(Cl)Cl)ccc1Cl. The molecule has 0 saturated heterocycles. The summed E-state index contributed by atoms with van der Waals surface area (Å²) >= 11 is 32.5. The molecular formula is C25H14Cl5FN2O2S. The molecule has 1 amide bonds. The number of carbonyl (C=O) groups excluding carboxylic acids is 2. The number of halogens is 6. The molecule has 2 atom stereocenters. The maximum atomic E-state index is 13.5. The molecule has 184 valence electrons. The minimum Gasteiger partial charge on any atom is -0.326 e. The van der Waals surface area contributed by atoms with Crippen LogP contribution in [0.2, 0.25) is 15.1 Å². The highest BCUT2D eigenvalue weighted by molar-refractivity contribution is 7.18. The molecule has 0 radical (unpaired) electrons. The maximum Gasteiger partial charge on any atom is 0.231 e. The van der Waals surface area contributed by atoms with Crippen LogP contribution in [-0.4, -0.2) is 21.0 Å². The van der Waals surface area contributed by atoms with Gasteiger partial charge in [-0.25, -0.2) is 9.37 Å². The number of fused-ring (bicyclic) bond motifs is 1. The van der Waals surface area contributed by atoms with Crippen molar-refractivity contribution in [1.82, 2.24) is 4.98 Å². The summed E-state index contributed by atoms with van der Waals surface area (Å²) in [4.78, 5) is 30.4. The number of rotatable bonds is 6. The molecule has 1 aromatic heterocycles. The molecule has 0 aliphatic heterocycles. The van der Waals surface area contributed by atoms with Crippen LogP contribution in [0.3, 0.4) is 0 Å². The van der Waals surface area contributed by atoms with Crippen molar-refractivity contribution in [2.75, 3.05) is 5.32 Å². The van der Waals surface area contributed by atoms with E-state index in [4.69, 9.17) is 58.0 Å². The normalized spacial score (nSPS) is 18.3. The lowest BCUT2D eigenvalue weighted by Crippen LogP contribution is -2.17. The third-order valence-corrected chi connectivity index (χ3v) is 8.55. The van der Waals surface area contributed by atoms with Gasteiger partial charge in [0.25, 0.3) is 0 Å². The lowest BCUT2D eigenvalue weighted by Gasteiger charge is -2.09. The lowest BCUT2D eigenvalue weighted by molar-refractivity contribution is -0.117. The number of nitrogens with zero attached hydrogens (tertiary/aromatic N) is 1. The summed E-state index contributed by atoms with van der Waals surface area (Å²) in [6, 6.07) is 13.8. The number of benzene rings is 3. The van der Waals surface area contributed by atoms with Gasteiger partial charge in [-0.2, -0.15) is 0 Å². The summed E-state index contributed by atoms with van der Waals surface area (Å²) in [6.45, 7) is 0. The maximum absolute atomic E-state index is 13.5. The third-order valence-electron chi connectivity index (χ3n) is 5.82. The predicted molar refractivity (Wildman–Crippen MR) is 145 cm³/mol. The summed E-state index contributed by atoms with van der Waals surface area (Å²) in [5.74, 6) is -2.35. The molecule has 1 saturated carbocycles. The molecule has 36 heavy (non-hydrogen) atoms. The van der Waals surface area contributed by atoms with Gasteiger partial charge < -0.3 is 5.32 Å². The Morgan fingerprint density at radius 3 is 2.44 bits per heavy atom. The van der Waals surface area contributed by atoms with Gasteiger partial charge >= 0.3 is 0 Å². The standard InChI is InChI=1S/C25H14Cl5FN2O2S/c26-12-5-11(6-13(27)7-12)22-23(25(22,29)30)24(35)32-15-2-3-17(28)16(9-15)19(34)10-21-33-18-4-1-14(31)8-20(18)36-21/h1-9,22-23H,10H2,(H,32,35). The van der Waals surface area contributed by atoms with Gasteiger partial charge in [-0.1, -0.05) is 34.8 Å². The van der Waals surface area contributed by atoms with E-state index in [9.17, 15) is 14.0 Å². The first-order valence-electron chi connectivity index (χ1n) is 10.6. The number of aromatic nitrogens is 1. The van der Waals surface area contributed by atoms with Gasteiger partial charge in [-0.05, 0) is 60.2 Å². The minimum absolute atomic E-state index is 0.0230. The van der Waals surface area contributed by atoms with E-state index < -0.39 is 22.1 Å². The lowest BCUT2D eigenvalue weighted by atomic mass is 10.1. The molecule has 4 aromatic rings. The average molecular weight is 603 g/mol. The van der Waals surface area contributed by atoms with Gasteiger partial charge in [0.15, 0.2) is 5.78 Å². The Bertz CT molecular complexity index is 1520. The van der Waals surface area contributed by atoms with Gasteiger partial charge in [0.2, 0.25) is 5.91 Å². The molecule has 1 aliphatic rings. The molecule has 1 N–H and O–H groups in total. The molecule has 0 spiro atoms. The Labute approximate surface area is 234 Å². The molecule has 5 rings (SSSR count). The van der Waals surface area contributed by atoms with Crippen molar-refractivity contribution in [3.63, 3.8) is 0 Å². The number of thiazole rings is 1. The molecule has 2 unspecified atom stereocenters. The summed E-state index contributed by atoms with van der Waals surface area (Å²) in [5.41, 5.74) is 1.84. The van der Waals surface area contributed by atoms with Crippen LogP contribution < -0.4 is 5.32 Å². The largest absolute Gasteiger partial charge is 0.326 e. The highest BCUT2D eigenvalue weighted by atomic mass is 35.5. The summed E-state index contributed by atoms with van der Waals surface area (Å²) in [5, 5.41) is 4.34. The van der Waals surface area contributed by atoms with Crippen molar-refractivity contribution in [2.45, 2.75) is 16.7 Å². The first kappa shape index (κ1) is 25.7. The number of alkyl halides is 2. The topological polar surface area (TPSA) is 59.1 Å². The summed E-state index contributed by atoms with van der Waals surface area (Å²) in [7, 11) is 0. The van der Waals surface area contributed by atoms with E-state index in [-0.39, 0.29) is 28.6 Å². The molecule has 1 aliphatic carbocycles. The quantitative estimate of drug-likeness (QED) is 0.178. The first-order valence-corrected chi connectivity index (χ1v) is 13.3. The van der Waals surface area contributed by atoms with Gasteiger partial charge in [-0.15, -0.1) is 34.5 Å². The van der Waals surface area contributed by atoms with E-state index in [2.05, 4.69) is 10.3 Å². The Balaban J connectivity index is 1.33. The smallest absolute Gasteiger partial charge is 0.231 e. The predicted octanol–water partition coefficient (Wildman–Crippen LogP) is 8.35. The van der Waals surface area contributed by atoms with Crippen LogP contribution in [0.15, 0.2) is 54.6 Å². The summed E-state index contributed by atoms with van der Waals surface area (Å²) in [6.07, 6.45) is -0.0230. The molecule has 0 bridgehead atoms. The zero-order valence-electron chi connectivity index (χ0n) is 18.0. The van der Waals surface area contributed by atoms with Gasteiger partial charge in [0.05, 0.1) is 27.6 Å². The summed E-state index contributed by atoms with van der Waals surface area (Å²) < 4.78 is 12.8. The van der Waals surface area contributed by atoms with Gasteiger partial charge in [-0.3, -0.25) is 9.59 Å². The molecule has 1 heterocycles. The zero-order chi connectivity index (χ0) is 25.8. The van der Waals surface area contributed by atoms with Crippen molar-refractivity contribution >= 4 is 96.9 Å². The van der Waals surface area contributed by atoms with E-state index in [0.717, 1.165) is 0 Å². The van der Waals surface area contributed by atoms with E-state index >= 15 is 0 Å². The van der Waals surface area contributed by atoms with Crippen LogP contribution >= 0.6 is 69.3 Å². The molecule has 3 aromatic carbocycles. The van der Waals surface area contributed by atoms with Crippen LogP contribution in [0.25, 0.3) is 10.2 Å². The fourth-order valence-corrected chi connectivity index (χ4v) is 6.70. The van der Waals surface area contributed by atoms with Gasteiger partial charge in [0, 0.05) is 27.2 Å². The van der Waals surface area contributed by atoms with Crippen molar-refractivity contribution in [1.29, 1.82) is 0 Å². The minimum atomic E-state index is -1.34. The Kier molecular flexibility index (Phi) is 6.96. The number of amides is 1. The van der Waals surface area contributed by atoms with Gasteiger partial charge in [0.1, 0.15) is 15.2 Å². The second kappa shape index (κ2) is 9.75. The number of hydrogen-bond acceptors (Lipinski definition) is 4. The average Bonchev–Trinajstić information content (AvgIpc) is 3.16. The number of ketones is 1. The van der Waals surface area contributed by atoms with E-state index in [1.807, 2.05) is 0 Å². The Morgan fingerprint density at radius 1 is 1.00 bits per heavy atom. The van der Waals surface area contributed by atoms with Crippen molar-refractivity contribution in [3.05, 3.63) is 91.6 Å². The third kappa shape index (κ3) is 5.08. The van der Waals surface area contributed by atoms with Crippen LogP contribution in [0.5, 0.6) is 0 Å². The highest BCUT2D eigenvalue weighted by Crippen LogP contribution is 2.65. The van der Waals surface area contributed by atoms with E-state index in [0.29, 0.717) is 36.5 Å². The van der Waals surface area contributed by atoms with E-state index in [1.165, 1.54) is 35.6 Å². The fourth-order valence-electron chi connectivity index (χ4n) is 4.11. The highest BCUT2D eigenvalue weighted by Gasteiger charge is 2.67. The fraction of sp³-hybridized carbons (Fsp3) is 0.160.